The van der Waals surface area contributed by atoms with E-state index in [4.69, 9.17) is 4.98 Å². The number of aromatic nitrogens is 3. The summed E-state index contributed by atoms with van der Waals surface area (Å²) in [6.07, 6.45) is 7.37. The van der Waals surface area contributed by atoms with Gasteiger partial charge in [0.15, 0.2) is 5.82 Å². The average molecular weight is 234 g/mol. The van der Waals surface area contributed by atoms with Gasteiger partial charge in [-0.25, -0.2) is 9.67 Å². The lowest BCUT2D eigenvalue weighted by molar-refractivity contribution is 0.263. The van der Waals surface area contributed by atoms with Crippen LogP contribution in [0.2, 0.25) is 0 Å². The van der Waals surface area contributed by atoms with Crippen LogP contribution in [0.1, 0.15) is 44.3 Å². The molecule has 1 aromatic heterocycles. The fraction of sp³-hybridized carbons (Fsp3) is 0.846. The summed E-state index contributed by atoms with van der Waals surface area (Å²) in [5.74, 6) is 2.29. The first-order valence-corrected chi connectivity index (χ1v) is 7.03. The summed E-state index contributed by atoms with van der Waals surface area (Å²) in [5, 5.41) is 4.66. The first-order valence-electron chi connectivity index (χ1n) is 7.03. The van der Waals surface area contributed by atoms with E-state index in [-0.39, 0.29) is 0 Å². The number of likely N-dealkylation sites (tertiary alicyclic amines) is 1. The van der Waals surface area contributed by atoms with Crippen molar-refractivity contribution in [2.45, 2.75) is 58.0 Å². The van der Waals surface area contributed by atoms with E-state index in [1.165, 1.54) is 38.1 Å². The number of rotatable bonds is 3. The SMILES string of the molecule is CCN1CCCC1Cc1nc2n(n1)CCCC2. The van der Waals surface area contributed by atoms with E-state index in [1.54, 1.807) is 0 Å². The molecule has 3 rings (SSSR count). The highest BCUT2D eigenvalue weighted by molar-refractivity contribution is 4.99. The predicted molar refractivity (Wildman–Crippen MR) is 66.9 cm³/mol. The van der Waals surface area contributed by atoms with Crippen molar-refractivity contribution in [3.8, 4) is 0 Å². The standard InChI is InChI=1S/C13H22N4/c1-2-16-8-5-6-11(16)10-12-14-13-7-3-4-9-17(13)15-12/h11H,2-10H2,1H3. The first kappa shape index (κ1) is 11.2. The molecule has 0 aromatic carbocycles. The number of fused-ring (bicyclic) bond motifs is 1. The first-order chi connectivity index (χ1) is 8.36. The second kappa shape index (κ2) is 4.77. The van der Waals surface area contributed by atoms with Crippen molar-refractivity contribution in [2.24, 2.45) is 0 Å². The van der Waals surface area contributed by atoms with E-state index < -0.39 is 0 Å². The molecule has 4 nitrogen and oxygen atoms in total. The second-order valence-electron chi connectivity index (χ2n) is 5.25. The largest absolute Gasteiger partial charge is 0.300 e. The summed E-state index contributed by atoms with van der Waals surface area (Å²) < 4.78 is 2.13. The molecule has 1 saturated heterocycles. The predicted octanol–water partition coefficient (Wildman–Crippen LogP) is 1.64. The summed E-state index contributed by atoms with van der Waals surface area (Å²) in [7, 11) is 0. The normalized spacial score (nSPS) is 25.1. The molecule has 3 heterocycles. The summed E-state index contributed by atoms with van der Waals surface area (Å²) in [5.41, 5.74) is 0. The molecule has 1 aromatic rings. The van der Waals surface area contributed by atoms with Gasteiger partial charge in [0.2, 0.25) is 0 Å². The van der Waals surface area contributed by atoms with Gasteiger partial charge in [0.25, 0.3) is 0 Å². The highest BCUT2D eigenvalue weighted by Crippen LogP contribution is 2.20. The van der Waals surface area contributed by atoms with Crippen LogP contribution in [0.4, 0.5) is 0 Å². The Morgan fingerprint density at radius 1 is 1.24 bits per heavy atom. The molecule has 4 heteroatoms. The second-order valence-corrected chi connectivity index (χ2v) is 5.25. The number of nitrogens with zero attached hydrogens (tertiary/aromatic N) is 4. The Balaban J connectivity index is 1.70. The molecule has 1 fully saturated rings. The molecule has 0 amide bonds. The fourth-order valence-electron chi connectivity index (χ4n) is 3.17. The lowest BCUT2D eigenvalue weighted by atomic mass is 10.1. The molecule has 94 valence electrons. The molecular formula is C13H22N4. The maximum Gasteiger partial charge on any atom is 0.152 e. The Morgan fingerprint density at radius 2 is 2.18 bits per heavy atom. The van der Waals surface area contributed by atoms with Crippen LogP contribution >= 0.6 is 0 Å². The molecule has 0 N–H and O–H groups in total. The van der Waals surface area contributed by atoms with E-state index in [2.05, 4.69) is 21.6 Å². The monoisotopic (exact) mass is 234 g/mol. The van der Waals surface area contributed by atoms with Gasteiger partial charge in [-0.2, -0.15) is 5.10 Å². The molecule has 2 aliphatic rings. The Hall–Kier alpha value is -0.900. The highest BCUT2D eigenvalue weighted by Gasteiger charge is 2.25. The highest BCUT2D eigenvalue weighted by atomic mass is 15.4. The quantitative estimate of drug-likeness (QED) is 0.797. The molecular weight excluding hydrogens is 212 g/mol. The zero-order valence-corrected chi connectivity index (χ0v) is 10.7. The summed E-state index contributed by atoms with van der Waals surface area (Å²) in [6, 6.07) is 0.685. The van der Waals surface area contributed by atoms with Crippen molar-refractivity contribution in [3.63, 3.8) is 0 Å². The van der Waals surface area contributed by atoms with Crippen molar-refractivity contribution < 1.29 is 0 Å². The van der Waals surface area contributed by atoms with Crippen molar-refractivity contribution in [1.82, 2.24) is 19.7 Å². The van der Waals surface area contributed by atoms with Crippen LogP contribution in [-0.4, -0.2) is 38.8 Å². The molecule has 1 atom stereocenters. The minimum Gasteiger partial charge on any atom is -0.300 e. The molecule has 0 spiro atoms. The molecule has 17 heavy (non-hydrogen) atoms. The minimum absolute atomic E-state index is 0.685. The van der Waals surface area contributed by atoms with Gasteiger partial charge in [0, 0.05) is 25.4 Å². The van der Waals surface area contributed by atoms with Crippen LogP contribution in [0.25, 0.3) is 0 Å². The third kappa shape index (κ3) is 2.23. The molecule has 2 aliphatic heterocycles. The molecule has 0 bridgehead atoms. The van der Waals surface area contributed by atoms with Crippen LogP contribution in [0, 0.1) is 0 Å². The van der Waals surface area contributed by atoms with Gasteiger partial charge >= 0.3 is 0 Å². The van der Waals surface area contributed by atoms with Crippen LogP contribution in [0.3, 0.4) is 0 Å². The van der Waals surface area contributed by atoms with Crippen LogP contribution in [0.5, 0.6) is 0 Å². The zero-order valence-electron chi connectivity index (χ0n) is 10.7. The van der Waals surface area contributed by atoms with Gasteiger partial charge in [-0.05, 0) is 38.8 Å². The lowest BCUT2D eigenvalue weighted by Crippen LogP contribution is -2.31. The smallest absolute Gasteiger partial charge is 0.152 e. The van der Waals surface area contributed by atoms with Gasteiger partial charge in [-0.15, -0.1) is 0 Å². The maximum absolute atomic E-state index is 4.71. The number of aryl methyl sites for hydroxylation is 2. The van der Waals surface area contributed by atoms with Crippen molar-refractivity contribution >= 4 is 0 Å². The molecule has 0 radical (unpaired) electrons. The Kier molecular flexibility index (Phi) is 3.14. The van der Waals surface area contributed by atoms with Crippen LogP contribution < -0.4 is 0 Å². The number of hydrogen-bond acceptors (Lipinski definition) is 3. The molecule has 1 unspecified atom stereocenters. The third-order valence-corrected chi connectivity index (χ3v) is 4.14. The topological polar surface area (TPSA) is 34.0 Å². The van der Waals surface area contributed by atoms with E-state index in [1.807, 2.05) is 0 Å². The molecule has 0 saturated carbocycles. The van der Waals surface area contributed by atoms with Gasteiger partial charge in [0.05, 0.1) is 0 Å². The fourth-order valence-corrected chi connectivity index (χ4v) is 3.17. The van der Waals surface area contributed by atoms with Gasteiger partial charge in [-0.3, -0.25) is 0 Å². The lowest BCUT2D eigenvalue weighted by Gasteiger charge is -2.21. The summed E-state index contributed by atoms with van der Waals surface area (Å²) >= 11 is 0. The Labute approximate surface area is 103 Å². The van der Waals surface area contributed by atoms with Gasteiger partial charge < -0.3 is 4.90 Å². The Bertz CT molecular complexity index is 361. The Morgan fingerprint density at radius 3 is 3.00 bits per heavy atom. The average Bonchev–Trinajstić information content (AvgIpc) is 2.94. The van der Waals surface area contributed by atoms with Crippen molar-refractivity contribution in [1.29, 1.82) is 0 Å². The van der Waals surface area contributed by atoms with Crippen LogP contribution in [0.15, 0.2) is 0 Å². The van der Waals surface area contributed by atoms with Gasteiger partial charge in [-0.1, -0.05) is 6.92 Å². The zero-order chi connectivity index (χ0) is 11.7. The van der Waals surface area contributed by atoms with Crippen molar-refractivity contribution in [3.05, 3.63) is 11.6 Å². The van der Waals surface area contributed by atoms with Gasteiger partial charge in [0.1, 0.15) is 5.82 Å². The maximum atomic E-state index is 4.71. The number of likely N-dealkylation sites (N-methyl/N-ethyl adjacent to an activating group) is 1. The number of hydrogen-bond donors (Lipinski definition) is 0. The summed E-state index contributed by atoms with van der Waals surface area (Å²) in [4.78, 5) is 7.28. The molecule has 0 aliphatic carbocycles. The van der Waals surface area contributed by atoms with E-state index in [0.717, 1.165) is 31.8 Å². The van der Waals surface area contributed by atoms with E-state index in [9.17, 15) is 0 Å². The minimum atomic E-state index is 0.685. The van der Waals surface area contributed by atoms with E-state index >= 15 is 0 Å². The van der Waals surface area contributed by atoms with E-state index in [0.29, 0.717) is 6.04 Å². The summed E-state index contributed by atoms with van der Waals surface area (Å²) in [6.45, 7) is 5.75. The third-order valence-electron chi connectivity index (χ3n) is 4.14. The van der Waals surface area contributed by atoms with Crippen LogP contribution in [-0.2, 0) is 19.4 Å². The van der Waals surface area contributed by atoms with Crippen molar-refractivity contribution in [2.75, 3.05) is 13.1 Å².